The van der Waals surface area contributed by atoms with E-state index in [1.165, 1.54) is 18.3 Å². The van der Waals surface area contributed by atoms with Gasteiger partial charge in [-0.05, 0) is 30.7 Å². The number of hydrogen-bond acceptors (Lipinski definition) is 8. The molecule has 10 nitrogen and oxygen atoms in total. The van der Waals surface area contributed by atoms with Crippen molar-refractivity contribution in [3.8, 4) is 11.5 Å². The van der Waals surface area contributed by atoms with Crippen LogP contribution in [-0.2, 0) is 10.0 Å². The molecule has 11 heteroatoms. The first-order valence-electron chi connectivity index (χ1n) is 7.78. The summed E-state index contributed by atoms with van der Waals surface area (Å²) in [6, 6.07) is 7.79. The molecule has 2 rings (SSSR count). The summed E-state index contributed by atoms with van der Waals surface area (Å²) in [5, 5.41) is 29.9. The Hall–Kier alpha value is -3.18. The van der Waals surface area contributed by atoms with Gasteiger partial charge >= 0.3 is 0 Å². The van der Waals surface area contributed by atoms with Gasteiger partial charge in [0.05, 0.1) is 22.6 Å². The number of aromatic hydroxyl groups is 1. The smallest absolute Gasteiger partial charge is 0.295 e. The highest BCUT2D eigenvalue weighted by Crippen LogP contribution is 2.27. The van der Waals surface area contributed by atoms with Gasteiger partial charge in [-0.25, -0.2) is 13.6 Å². The lowest BCUT2D eigenvalue weighted by atomic mass is 10.2. The van der Waals surface area contributed by atoms with Crippen LogP contribution in [0.5, 0.6) is 11.5 Å². The molecule has 0 aromatic heterocycles. The molecule has 0 aliphatic carbocycles. The van der Waals surface area contributed by atoms with Crippen LogP contribution in [-0.4, -0.2) is 31.3 Å². The number of phenols is 1. The van der Waals surface area contributed by atoms with Crippen LogP contribution in [0, 0.1) is 10.1 Å². The van der Waals surface area contributed by atoms with Crippen molar-refractivity contribution in [1.82, 2.24) is 0 Å². The molecule has 144 valence electrons. The maximum atomic E-state index is 11.3. The maximum Gasteiger partial charge on any atom is 0.295 e. The zero-order chi connectivity index (χ0) is 20.0. The summed E-state index contributed by atoms with van der Waals surface area (Å²) in [6.07, 6.45) is 2.09. The largest absolute Gasteiger partial charge is 0.507 e. The number of rotatable bonds is 8. The van der Waals surface area contributed by atoms with E-state index in [4.69, 9.17) is 9.88 Å². The van der Waals surface area contributed by atoms with E-state index < -0.39 is 20.6 Å². The quantitative estimate of drug-likeness (QED) is 0.352. The number of hydrazone groups is 1. The lowest BCUT2D eigenvalue weighted by molar-refractivity contribution is -0.384. The van der Waals surface area contributed by atoms with Crippen molar-refractivity contribution in [2.45, 2.75) is 18.2 Å². The summed E-state index contributed by atoms with van der Waals surface area (Å²) in [5.74, 6) is 0.432. The number of anilines is 1. The number of nitro benzene ring substituents is 1. The summed E-state index contributed by atoms with van der Waals surface area (Å²) in [6.45, 7) is 2.48. The number of hydrogen-bond donors (Lipinski definition) is 3. The minimum absolute atomic E-state index is 0.0361. The van der Waals surface area contributed by atoms with Crippen LogP contribution >= 0.6 is 0 Å². The summed E-state index contributed by atoms with van der Waals surface area (Å²) >= 11 is 0. The first-order valence-corrected chi connectivity index (χ1v) is 9.33. The fraction of sp³-hybridized carbons (Fsp3) is 0.188. The monoisotopic (exact) mass is 394 g/mol. The third-order valence-corrected chi connectivity index (χ3v) is 4.27. The topological polar surface area (TPSA) is 157 Å². The Labute approximate surface area is 155 Å². The number of primary sulfonamides is 1. The Balaban J connectivity index is 2.19. The second-order valence-corrected chi connectivity index (χ2v) is 6.98. The van der Waals surface area contributed by atoms with Gasteiger partial charge in [0.1, 0.15) is 17.2 Å². The molecule has 0 bridgehead atoms. The van der Waals surface area contributed by atoms with Crippen LogP contribution in [0.1, 0.15) is 18.9 Å². The summed E-state index contributed by atoms with van der Waals surface area (Å²) in [5.41, 5.74) is 2.26. The van der Waals surface area contributed by atoms with Gasteiger partial charge in [-0.3, -0.25) is 15.5 Å². The molecule has 0 spiro atoms. The van der Waals surface area contributed by atoms with Gasteiger partial charge in [0, 0.05) is 17.7 Å². The highest BCUT2D eigenvalue weighted by atomic mass is 32.2. The molecule has 0 aliphatic rings. The minimum Gasteiger partial charge on any atom is -0.507 e. The maximum absolute atomic E-state index is 11.3. The van der Waals surface area contributed by atoms with Crippen molar-refractivity contribution in [1.29, 1.82) is 0 Å². The van der Waals surface area contributed by atoms with Gasteiger partial charge < -0.3 is 9.84 Å². The van der Waals surface area contributed by atoms with Crippen LogP contribution in [0.4, 0.5) is 11.4 Å². The number of benzene rings is 2. The van der Waals surface area contributed by atoms with Gasteiger partial charge in [0.15, 0.2) is 0 Å². The number of nitrogens with two attached hydrogens (primary N) is 1. The predicted octanol–water partition coefficient (Wildman–Crippen LogP) is 2.18. The fourth-order valence-electron chi connectivity index (χ4n) is 2.05. The molecule has 0 amide bonds. The van der Waals surface area contributed by atoms with Gasteiger partial charge in [-0.15, -0.1) is 0 Å². The summed E-state index contributed by atoms with van der Waals surface area (Å²) in [7, 11) is -4.07. The molecule has 0 atom stereocenters. The van der Waals surface area contributed by atoms with E-state index in [-0.39, 0.29) is 16.3 Å². The lowest BCUT2D eigenvalue weighted by Crippen LogP contribution is -2.12. The zero-order valence-electron chi connectivity index (χ0n) is 14.3. The first-order chi connectivity index (χ1) is 12.7. The molecule has 2 aromatic rings. The molecule has 0 radical (unpaired) electrons. The third kappa shape index (κ3) is 5.39. The number of nitro groups is 1. The van der Waals surface area contributed by atoms with E-state index in [2.05, 4.69) is 10.5 Å². The van der Waals surface area contributed by atoms with Crippen molar-refractivity contribution < 1.29 is 23.2 Å². The van der Waals surface area contributed by atoms with Crippen LogP contribution in [0.15, 0.2) is 46.4 Å². The van der Waals surface area contributed by atoms with Crippen molar-refractivity contribution in [2.75, 3.05) is 12.0 Å². The van der Waals surface area contributed by atoms with Crippen LogP contribution in [0.3, 0.4) is 0 Å². The van der Waals surface area contributed by atoms with Crippen LogP contribution in [0.25, 0.3) is 0 Å². The Kier molecular flexibility index (Phi) is 6.32. The van der Waals surface area contributed by atoms with E-state index in [9.17, 15) is 23.6 Å². The SMILES string of the molecule is CCCOc1ccc(C=NNc2ccc(S(N)(=O)=O)cc2[N+](=O)[O-])c(O)c1. The highest BCUT2D eigenvalue weighted by Gasteiger charge is 2.18. The normalized spacial score (nSPS) is 11.5. The average molecular weight is 394 g/mol. The Morgan fingerprint density at radius 2 is 2.07 bits per heavy atom. The van der Waals surface area contributed by atoms with Crippen molar-refractivity contribution >= 4 is 27.6 Å². The Morgan fingerprint density at radius 3 is 2.67 bits per heavy atom. The number of phenolic OH excluding ortho intramolecular Hbond substituents is 1. The second-order valence-electron chi connectivity index (χ2n) is 5.42. The molecule has 27 heavy (non-hydrogen) atoms. The van der Waals surface area contributed by atoms with Gasteiger partial charge in [0.25, 0.3) is 5.69 Å². The molecular formula is C16H18N4O6S. The van der Waals surface area contributed by atoms with Gasteiger partial charge in [-0.2, -0.15) is 5.10 Å². The highest BCUT2D eigenvalue weighted by molar-refractivity contribution is 7.89. The predicted molar refractivity (Wildman–Crippen MR) is 99.6 cm³/mol. The van der Waals surface area contributed by atoms with E-state index in [0.29, 0.717) is 17.9 Å². The Bertz CT molecular complexity index is 975. The molecule has 0 unspecified atom stereocenters. The second kappa shape index (κ2) is 8.47. The summed E-state index contributed by atoms with van der Waals surface area (Å²) in [4.78, 5) is 9.99. The van der Waals surface area contributed by atoms with Crippen molar-refractivity contribution in [3.05, 3.63) is 52.1 Å². The molecule has 4 N–H and O–H groups in total. The van der Waals surface area contributed by atoms with E-state index in [0.717, 1.165) is 18.6 Å². The van der Waals surface area contributed by atoms with Crippen LogP contribution in [0.2, 0.25) is 0 Å². The molecule has 0 heterocycles. The molecule has 0 saturated heterocycles. The Morgan fingerprint density at radius 1 is 1.33 bits per heavy atom. The number of nitrogens with one attached hydrogen (secondary N) is 1. The average Bonchev–Trinajstić information content (AvgIpc) is 2.60. The first kappa shape index (κ1) is 20.1. The molecule has 2 aromatic carbocycles. The number of sulfonamides is 1. The van der Waals surface area contributed by atoms with Crippen molar-refractivity contribution in [3.63, 3.8) is 0 Å². The molecule has 0 aliphatic heterocycles. The molecule has 0 saturated carbocycles. The minimum atomic E-state index is -4.07. The number of ether oxygens (including phenoxy) is 1. The third-order valence-electron chi connectivity index (χ3n) is 3.36. The van der Waals surface area contributed by atoms with Gasteiger partial charge in [-0.1, -0.05) is 6.92 Å². The molecular weight excluding hydrogens is 376 g/mol. The summed E-state index contributed by atoms with van der Waals surface area (Å²) < 4.78 is 28.0. The molecule has 0 fully saturated rings. The van der Waals surface area contributed by atoms with Crippen molar-refractivity contribution in [2.24, 2.45) is 10.2 Å². The van der Waals surface area contributed by atoms with E-state index >= 15 is 0 Å². The standard InChI is InChI=1S/C16H18N4O6S/c1-2-7-26-12-4-3-11(16(21)8-12)10-18-19-14-6-5-13(27(17,24)25)9-15(14)20(22)23/h3-6,8-10,19,21H,2,7H2,1H3,(H2,17,24,25). The van der Waals surface area contributed by atoms with Crippen LogP contribution < -0.4 is 15.3 Å². The zero-order valence-corrected chi connectivity index (χ0v) is 15.1. The van der Waals surface area contributed by atoms with Gasteiger partial charge in [0.2, 0.25) is 10.0 Å². The van der Waals surface area contributed by atoms with E-state index in [1.807, 2.05) is 6.92 Å². The fourth-order valence-corrected chi connectivity index (χ4v) is 2.58. The lowest BCUT2D eigenvalue weighted by Gasteiger charge is -2.06. The number of nitrogens with zero attached hydrogens (tertiary/aromatic N) is 2. The van der Waals surface area contributed by atoms with E-state index in [1.54, 1.807) is 12.1 Å².